The number of aliphatic carboxylic acids is 1. The fourth-order valence-corrected chi connectivity index (χ4v) is 5.10. The van der Waals surface area contributed by atoms with Crippen molar-refractivity contribution in [2.75, 3.05) is 7.11 Å². The molecule has 4 aromatic carbocycles. The van der Waals surface area contributed by atoms with Crippen LogP contribution in [0.25, 0.3) is 33.3 Å². The van der Waals surface area contributed by atoms with Crippen molar-refractivity contribution < 1.29 is 58.1 Å². The Labute approximate surface area is 271 Å². The molecule has 0 amide bonds. The quantitative estimate of drug-likeness (QED) is 0.229. The Morgan fingerprint density at radius 3 is 2.44 bits per heavy atom. The minimum Gasteiger partial charge on any atom is -0.546 e. The molecule has 43 heavy (non-hydrogen) atoms. The third kappa shape index (κ3) is 6.13. The molecule has 6 aromatic rings. The van der Waals surface area contributed by atoms with E-state index in [1.807, 2.05) is 91.9 Å². The molecule has 0 saturated heterocycles. The second-order valence-corrected chi connectivity index (χ2v) is 9.99. The van der Waals surface area contributed by atoms with Crippen LogP contribution in [-0.2, 0) is 17.9 Å². The minimum atomic E-state index is -1.26. The van der Waals surface area contributed by atoms with Gasteiger partial charge in [-0.2, -0.15) is 0 Å². The molecule has 0 saturated carbocycles. The number of carboxylic acids is 1. The second kappa shape index (κ2) is 13.0. The zero-order chi connectivity index (χ0) is 29.2. The van der Waals surface area contributed by atoms with Crippen molar-refractivity contribution in [3.63, 3.8) is 0 Å². The Morgan fingerprint density at radius 2 is 1.67 bits per heavy atom. The number of fused-ring (bicyclic) bond motifs is 3. The summed E-state index contributed by atoms with van der Waals surface area (Å²) >= 11 is 0. The van der Waals surface area contributed by atoms with Gasteiger partial charge >= 0.3 is 29.6 Å². The minimum absolute atomic E-state index is 0. The topological polar surface area (TPSA) is 98.8 Å². The van der Waals surface area contributed by atoms with E-state index in [0.717, 1.165) is 38.6 Å². The third-order valence-electron chi connectivity index (χ3n) is 7.24. The second-order valence-electron chi connectivity index (χ2n) is 9.99. The Balaban J connectivity index is 0.00000368. The molecule has 2 aromatic heterocycles. The predicted octanol–water partition coefficient (Wildman–Crippen LogP) is 2.92. The zero-order valence-electron chi connectivity index (χ0n) is 24.5. The molecule has 8 nitrogen and oxygen atoms in total. The maximum Gasteiger partial charge on any atom is 1.00 e. The number of carbonyl (C=O) groups excluding carboxylic acids is 1. The van der Waals surface area contributed by atoms with Crippen LogP contribution in [0.3, 0.4) is 0 Å². The monoisotopic (exact) mass is 584 g/mol. The van der Waals surface area contributed by atoms with Crippen molar-refractivity contribution in [1.82, 2.24) is 9.55 Å². The number of para-hydroxylation sites is 1. The van der Waals surface area contributed by atoms with Gasteiger partial charge in [-0.15, -0.1) is 0 Å². The van der Waals surface area contributed by atoms with Crippen molar-refractivity contribution in [2.24, 2.45) is 0 Å². The number of benzene rings is 4. The number of hydrogen-bond donors (Lipinski definition) is 0. The number of nitrogens with zero attached hydrogens (tertiary/aromatic N) is 2. The first-order valence-electron chi connectivity index (χ1n) is 13.6. The van der Waals surface area contributed by atoms with E-state index in [2.05, 4.69) is 9.55 Å². The van der Waals surface area contributed by atoms with Gasteiger partial charge in [0.1, 0.15) is 29.9 Å². The van der Waals surface area contributed by atoms with E-state index >= 15 is 0 Å². The van der Waals surface area contributed by atoms with Crippen LogP contribution in [-0.4, -0.2) is 28.7 Å². The molecule has 0 fully saturated rings. The van der Waals surface area contributed by atoms with Crippen LogP contribution in [0.5, 0.6) is 17.2 Å². The van der Waals surface area contributed by atoms with Crippen LogP contribution in [0.2, 0.25) is 0 Å². The van der Waals surface area contributed by atoms with E-state index in [-0.39, 0.29) is 36.2 Å². The van der Waals surface area contributed by atoms with Gasteiger partial charge in [0.2, 0.25) is 5.89 Å². The first-order chi connectivity index (χ1) is 20.4. The van der Waals surface area contributed by atoms with E-state index in [1.165, 1.54) is 6.92 Å². The van der Waals surface area contributed by atoms with E-state index in [4.69, 9.17) is 18.6 Å². The molecule has 0 aliphatic heterocycles. The molecule has 1 atom stereocenters. The summed E-state index contributed by atoms with van der Waals surface area (Å²) < 4.78 is 25.7. The number of aryl methyl sites for hydroxylation is 1. The van der Waals surface area contributed by atoms with E-state index < -0.39 is 12.1 Å². The number of carbonyl (C=O) groups is 1. The van der Waals surface area contributed by atoms with Gasteiger partial charge in [0.25, 0.3) is 0 Å². The fraction of sp³-hybridized carbons (Fsp3) is 0.176. The van der Waals surface area contributed by atoms with Crippen LogP contribution >= 0.6 is 0 Å². The molecule has 9 heteroatoms. The van der Waals surface area contributed by atoms with Crippen molar-refractivity contribution in [2.45, 2.75) is 33.1 Å². The van der Waals surface area contributed by atoms with Crippen LogP contribution < -0.4 is 48.9 Å². The van der Waals surface area contributed by atoms with Crippen molar-refractivity contribution >= 4 is 27.8 Å². The van der Waals surface area contributed by atoms with E-state index in [1.54, 1.807) is 13.2 Å². The molecule has 0 radical (unpaired) electrons. The van der Waals surface area contributed by atoms with Crippen LogP contribution in [0.4, 0.5) is 0 Å². The maximum atomic E-state index is 11.4. The molecule has 0 bridgehead atoms. The largest absolute Gasteiger partial charge is 1.00 e. The Kier molecular flexibility index (Phi) is 9.11. The number of rotatable bonds is 10. The number of methoxy groups -OCH3 is 1. The standard InChI is InChI=1S/C34H30N2O6.Na/c1-21-26(35-33(42-21)24-10-5-4-6-11-24)20-40-29-17-16-23(18-31(29)39-3)19-36-27-13-8-7-12-25(27)32-28(36)14-9-15-30(32)41-22(2)34(37)38;/h4-18,22H,19-20H2,1-3H3,(H,37,38);/q;+1/p-1/t22-;/m1./s1. The van der Waals surface area contributed by atoms with Gasteiger partial charge < -0.3 is 33.1 Å². The molecular weight excluding hydrogens is 555 g/mol. The summed E-state index contributed by atoms with van der Waals surface area (Å²) in [5.74, 6) is 1.69. The predicted molar refractivity (Wildman–Crippen MR) is 158 cm³/mol. The molecular formula is C34H29N2NaO6. The van der Waals surface area contributed by atoms with Crippen molar-refractivity contribution in [3.05, 3.63) is 108 Å². The third-order valence-corrected chi connectivity index (χ3v) is 7.24. The van der Waals surface area contributed by atoms with Gasteiger partial charge in [-0.25, -0.2) is 4.98 Å². The van der Waals surface area contributed by atoms with Gasteiger partial charge in [0.05, 0.1) is 18.6 Å². The van der Waals surface area contributed by atoms with Gasteiger partial charge in [0, 0.05) is 28.4 Å². The summed E-state index contributed by atoms with van der Waals surface area (Å²) in [6.45, 7) is 4.12. The van der Waals surface area contributed by atoms with Crippen LogP contribution in [0.15, 0.2) is 95.4 Å². The van der Waals surface area contributed by atoms with E-state index in [0.29, 0.717) is 35.4 Å². The molecule has 0 aliphatic carbocycles. The molecule has 6 rings (SSSR count). The Morgan fingerprint density at radius 1 is 0.930 bits per heavy atom. The summed E-state index contributed by atoms with van der Waals surface area (Å²) in [5, 5.41) is 13.2. The number of aromatic nitrogens is 2. The average molecular weight is 585 g/mol. The van der Waals surface area contributed by atoms with Gasteiger partial charge in [-0.3, -0.25) is 0 Å². The summed E-state index contributed by atoms with van der Waals surface area (Å²) in [4.78, 5) is 16.0. The van der Waals surface area contributed by atoms with Crippen LogP contribution in [0, 0.1) is 6.92 Å². The van der Waals surface area contributed by atoms with Gasteiger partial charge in [0.15, 0.2) is 11.5 Å². The average Bonchev–Trinajstić information content (AvgIpc) is 3.54. The van der Waals surface area contributed by atoms with Gasteiger partial charge in [-0.05, 0) is 61.9 Å². The Hall–Kier alpha value is -4.24. The zero-order valence-corrected chi connectivity index (χ0v) is 26.5. The molecule has 0 spiro atoms. The number of hydrogen-bond acceptors (Lipinski definition) is 7. The first-order valence-corrected chi connectivity index (χ1v) is 13.6. The summed E-state index contributed by atoms with van der Waals surface area (Å²) in [7, 11) is 1.61. The number of carboxylic acid groups (broad SMARTS) is 1. The Bertz CT molecular complexity index is 1900. The smallest absolute Gasteiger partial charge is 0.546 e. The summed E-state index contributed by atoms with van der Waals surface area (Å²) in [6, 6.07) is 29.3. The molecule has 212 valence electrons. The first kappa shape index (κ1) is 30.2. The molecule has 0 unspecified atom stereocenters. The summed E-state index contributed by atoms with van der Waals surface area (Å²) in [6.07, 6.45) is -1.08. The SMILES string of the molecule is COc1cc(Cn2c3ccccc3c3c(O[C@H](C)C(=O)[O-])cccc32)ccc1OCc1nc(-c2ccccc2)oc1C.[Na+]. The van der Waals surface area contributed by atoms with Crippen molar-refractivity contribution in [1.29, 1.82) is 0 Å². The van der Waals surface area contributed by atoms with E-state index in [9.17, 15) is 9.90 Å². The molecule has 0 N–H and O–H groups in total. The van der Waals surface area contributed by atoms with Crippen molar-refractivity contribution in [3.8, 4) is 28.7 Å². The summed E-state index contributed by atoms with van der Waals surface area (Å²) in [5.41, 5.74) is 4.55. The normalized spacial score (nSPS) is 11.7. The number of ether oxygens (including phenoxy) is 3. The maximum absolute atomic E-state index is 11.4. The molecule has 2 heterocycles. The fourth-order valence-electron chi connectivity index (χ4n) is 5.10. The van der Waals surface area contributed by atoms with Crippen LogP contribution in [0.1, 0.15) is 23.9 Å². The van der Waals surface area contributed by atoms with Gasteiger partial charge in [-0.1, -0.05) is 48.5 Å². The number of oxazole rings is 1. The molecule has 0 aliphatic rings.